The van der Waals surface area contributed by atoms with Crippen molar-refractivity contribution in [3.05, 3.63) is 83.9 Å². The van der Waals surface area contributed by atoms with Gasteiger partial charge in [-0.2, -0.15) is 0 Å². The van der Waals surface area contributed by atoms with Crippen molar-refractivity contribution >= 4 is 29.7 Å². The summed E-state index contributed by atoms with van der Waals surface area (Å²) in [5.41, 5.74) is 5.66. The molecule has 1 nitrogen and oxygen atoms in total. The third-order valence-corrected chi connectivity index (χ3v) is 7.14. The zero-order valence-electron chi connectivity index (χ0n) is 14.2. The van der Waals surface area contributed by atoms with Gasteiger partial charge >= 0.3 is 0 Å². The second-order valence-corrected chi connectivity index (χ2v) is 8.58. The van der Waals surface area contributed by atoms with Crippen LogP contribution in [0.3, 0.4) is 0 Å². The van der Waals surface area contributed by atoms with E-state index in [0.29, 0.717) is 0 Å². The van der Waals surface area contributed by atoms with Crippen molar-refractivity contribution in [1.82, 2.24) is 0 Å². The van der Waals surface area contributed by atoms with Crippen LogP contribution >= 0.6 is 8.15 Å². The molecular formula is C23H19OP. The highest BCUT2D eigenvalue weighted by Gasteiger charge is 2.24. The minimum atomic E-state index is -0.480. The first kappa shape index (κ1) is 15.1. The topological polar surface area (TPSA) is 9.23 Å². The van der Waals surface area contributed by atoms with Gasteiger partial charge in [-0.05, 0) is 43.8 Å². The van der Waals surface area contributed by atoms with E-state index in [2.05, 4.69) is 72.8 Å². The summed E-state index contributed by atoms with van der Waals surface area (Å²) in [4.78, 5) is 0. The van der Waals surface area contributed by atoms with Crippen LogP contribution in [-0.4, -0.2) is 7.11 Å². The van der Waals surface area contributed by atoms with E-state index in [4.69, 9.17) is 4.52 Å². The molecule has 0 fully saturated rings. The summed E-state index contributed by atoms with van der Waals surface area (Å²) in [6, 6.07) is 26.6. The van der Waals surface area contributed by atoms with Crippen molar-refractivity contribution in [3.63, 3.8) is 0 Å². The van der Waals surface area contributed by atoms with Crippen LogP contribution in [0.2, 0.25) is 0 Å². The number of fused-ring (bicyclic) bond motifs is 7. The molecule has 4 aromatic rings. The van der Waals surface area contributed by atoms with Gasteiger partial charge in [-0.15, -0.1) is 0 Å². The molecule has 0 bridgehead atoms. The van der Waals surface area contributed by atoms with Crippen LogP contribution in [0, 0.1) is 0 Å². The summed E-state index contributed by atoms with van der Waals surface area (Å²) < 4.78 is 5.87. The SMILES string of the molecule is COP1Cc2ccc3ccccc3c2-c2c(ccc3ccccc23)C1. The van der Waals surface area contributed by atoms with Crippen LogP contribution < -0.4 is 0 Å². The van der Waals surface area contributed by atoms with Gasteiger partial charge in [-0.25, -0.2) is 0 Å². The van der Waals surface area contributed by atoms with Crippen molar-refractivity contribution in [2.24, 2.45) is 0 Å². The number of rotatable bonds is 1. The average Bonchev–Trinajstić information content (AvgIpc) is 2.84. The summed E-state index contributed by atoms with van der Waals surface area (Å²) in [5, 5.41) is 5.32. The standard InChI is InChI=1S/C23H19OP/c1-24-25-14-18-12-10-16-6-2-4-8-20(16)22(18)23-19(15-25)13-11-17-7-3-5-9-21(17)23/h2-13H,14-15H2,1H3. The Hall–Kier alpha value is -2.21. The third kappa shape index (κ3) is 2.39. The quantitative estimate of drug-likeness (QED) is 0.349. The minimum absolute atomic E-state index is 0.480. The second kappa shape index (κ2) is 5.95. The molecule has 1 heterocycles. The molecule has 0 amide bonds. The van der Waals surface area contributed by atoms with E-state index >= 15 is 0 Å². The lowest BCUT2D eigenvalue weighted by atomic mass is 9.88. The first-order chi connectivity index (χ1) is 12.3. The summed E-state index contributed by atoms with van der Waals surface area (Å²) in [6.45, 7) is 0. The Bertz CT molecular complexity index is 1010. The molecule has 5 rings (SSSR count). The van der Waals surface area contributed by atoms with Crippen LogP contribution in [0.1, 0.15) is 11.1 Å². The lowest BCUT2D eigenvalue weighted by Crippen LogP contribution is -1.92. The fraction of sp³-hybridized carbons (Fsp3) is 0.130. The van der Waals surface area contributed by atoms with Gasteiger partial charge in [0.1, 0.15) is 0 Å². The van der Waals surface area contributed by atoms with Gasteiger partial charge in [0.05, 0.1) is 0 Å². The fourth-order valence-electron chi connectivity index (χ4n) is 4.05. The molecule has 0 aromatic heterocycles. The maximum Gasteiger partial charge on any atom is 0.0398 e. The Morgan fingerprint density at radius 2 is 1.12 bits per heavy atom. The van der Waals surface area contributed by atoms with E-state index in [-0.39, 0.29) is 0 Å². The van der Waals surface area contributed by atoms with E-state index in [9.17, 15) is 0 Å². The summed E-state index contributed by atoms with van der Waals surface area (Å²) in [7, 11) is 1.38. The maximum absolute atomic E-state index is 5.87. The van der Waals surface area contributed by atoms with Crippen molar-refractivity contribution in [2.75, 3.05) is 7.11 Å². The van der Waals surface area contributed by atoms with Gasteiger partial charge < -0.3 is 4.52 Å². The largest absolute Gasteiger partial charge is 0.362 e. The molecular weight excluding hydrogens is 323 g/mol. The smallest absolute Gasteiger partial charge is 0.0398 e. The summed E-state index contributed by atoms with van der Waals surface area (Å²) in [5.74, 6) is 0. The molecule has 25 heavy (non-hydrogen) atoms. The average molecular weight is 342 g/mol. The van der Waals surface area contributed by atoms with Crippen molar-refractivity contribution in [2.45, 2.75) is 12.3 Å². The van der Waals surface area contributed by atoms with Gasteiger partial charge in [0.2, 0.25) is 0 Å². The van der Waals surface area contributed by atoms with Crippen molar-refractivity contribution in [1.29, 1.82) is 0 Å². The molecule has 0 radical (unpaired) electrons. The highest BCUT2D eigenvalue weighted by molar-refractivity contribution is 7.50. The van der Waals surface area contributed by atoms with Crippen LogP contribution in [0.5, 0.6) is 0 Å². The van der Waals surface area contributed by atoms with Crippen molar-refractivity contribution < 1.29 is 4.52 Å². The Labute approximate surface area is 149 Å². The monoisotopic (exact) mass is 342 g/mol. The molecule has 0 saturated heterocycles. The van der Waals surface area contributed by atoms with E-state index in [1.807, 2.05) is 7.11 Å². The molecule has 0 atom stereocenters. The highest BCUT2D eigenvalue weighted by Crippen LogP contribution is 2.53. The van der Waals surface area contributed by atoms with Crippen LogP contribution in [-0.2, 0) is 16.8 Å². The molecule has 0 N–H and O–H groups in total. The Morgan fingerprint density at radius 1 is 0.640 bits per heavy atom. The number of benzene rings is 4. The lowest BCUT2D eigenvalue weighted by Gasteiger charge is -2.15. The molecule has 0 aliphatic carbocycles. The van der Waals surface area contributed by atoms with Crippen molar-refractivity contribution in [3.8, 4) is 11.1 Å². The first-order valence-electron chi connectivity index (χ1n) is 8.66. The summed E-state index contributed by atoms with van der Waals surface area (Å²) >= 11 is 0. The zero-order valence-corrected chi connectivity index (χ0v) is 15.1. The molecule has 0 spiro atoms. The molecule has 122 valence electrons. The Balaban J connectivity index is 1.97. The number of hydrogen-bond acceptors (Lipinski definition) is 1. The molecule has 1 aliphatic rings. The van der Waals surface area contributed by atoms with Crippen LogP contribution in [0.4, 0.5) is 0 Å². The normalized spacial score (nSPS) is 14.3. The van der Waals surface area contributed by atoms with Crippen LogP contribution in [0.25, 0.3) is 32.7 Å². The molecule has 4 aromatic carbocycles. The third-order valence-electron chi connectivity index (χ3n) is 5.23. The fourth-order valence-corrected chi connectivity index (χ4v) is 5.71. The van der Waals surface area contributed by atoms with Gasteiger partial charge in [0, 0.05) is 27.6 Å². The molecule has 1 aliphatic heterocycles. The minimum Gasteiger partial charge on any atom is -0.362 e. The van der Waals surface area contributed by atoms with Crippen LogP contribution in [0.15, 0.2) is 72.8 Å². The van der Waals surface area contributed by atoms with Gasteiger partial charge in [-0.1, -0.05) is 72.8 Å². The maximum atomic E-state index is 5.87. The Kier molecular flexibility index (Phi) is 3.59. The Morgan fingerprint density at radius 3 is 1.60 bits per heavy atom. The van der Waals surface area contributed by atoms with E-state index in [1.165, 1.54) is 43.8 Å². The van der Waals surface area contributed by atoms with E-state index < -0.39 is 8.15 Å². The molecule has 0 unspecified atom stereocenters. The predicted molar refractivity (Wildman–Crippen MR) is 108 cm³/mol. The number of hydrogen-bond donors (Lipinski definition) is 0. The van der Waals surface area contributed by atoms with Gasteiger partial charge in [-0.3, -0.25) is 0 Å². The highest BCUT2D eigenvalue weighted by atomic mass is 31.1. The van der Waals surface area contributed by atoms with Gasteiger partial charge in [0.15, 0.2) is 0 Å². The van der Waals surface area contributed by atoms with Gasteiger partial charge in [0.25, 0.3) is 0 Å². The molecule has 2 heteroatoms. The van der Waals surface area contributed by atoms with E-state index in [0.717, 1.165) is 12.3 Å². The summed E-state index contributed by atoms with van der Waals surface area (Å²) in [6.07, 6.45) is 2.05. The molecule has 0 saturated carbocycles. The zero-order chi connectivity index (χ0) is 16.8. The first-order valence-corrected chi connectivity index (χ1v) is 10.3. The predicted octanol–water partition coefficient (Wildman–Crippen LogP) is 6.72. The second-order valence-electron chi connectivity index (χ2n) is 6.62. The lowest BCUT2D eigenvalue weighted by molar-refractivity contribution is 0.459. The van der Waals surface area contributed by atoms with E-state index in [1.54, 1.807) is 0 Å².